The Kier molecular flexibility index (Phi) is 3.55. The maximum absolute atomic E-state index is 10.4. The minimum atomic E-state index is 0.741. The topological polar surface area (TPSA) is 20.3 Å². The molecule has 0 saturated heterocycles. The molecular formula is C16H12ClNOS. The van der Waals surface area contributed by atoms with Gasteiger partial charge in [0.15, 0.2) is 0 Å². The third-order valence-electron chi connectivity index (χ3n) is 3.21. The molecule has 1 aliphatic heterocycles. The van der Waals surface area contributed by atoms with Gasteiger partial charge in [0.1, 0.15) is 6.29 Å². The van der Waals surface area contributed by atoms with Gasteiger partial charge in [0.25, 0.3) is 0 Å². The van der Waals surface area contributed by atoms with Gasteiger partial charge in [0.05, 0.1) is 11.4 Å². The van der Waals surface area contributed by atoms with Crippen molar-refractivity contribution in [2.45, 2.75) is 9.79 Å². The third-order valence-corrected chi connectivity index (χ3v) is 4.56. The molecule has 0 radical (unpaired) electrons. The van der Waals surface area contributed by atoms with Gasteiger partial charge < -0.3 is 4.90 Å². The smallest absolute Gasteiger partial charge is 0.142 e. The van der Waals surface area contributed by atoms with E-state index in [0.717, 1.165) is 28.2 Å². The van der Waals surface area contributed by atoms with Crippen molar-refractivity contribution in [1.82, 2.24) is 0 Å². The zero-order valence-electron chi connectivity index (χ0n) is 10.8. The van der Waals surface area contributed by atoms with Crippen LogP contribution in [0.4, 0.5) is 11.4 Å². The summed E-state index contributed by atoms with van der Waals surface area (Å²) in [6.07, 6.45) is 4.11. The number of halogens is 1. The highest BCUT2D eigenvalue weighted by Crippen LogP contribution is 2.48. The van der Waals surface area contributed by atoms with E-state index in [1.54, 1.807) is 11.8 Å². The molecule has 2 aromatic rings. The van der Waals surface area contributed by atoms with Crippen molar-refractivity contribution in [1.29, 1.82) is 0 Å². The number of fused-ring (bicyclic) bond motifs is 2. The van der Waals surface area contributed by atoms with Crippen molar-refractivity contribution in [3.05, 3.63) is 53.1 Å². The van der Waals surface area contributed by atoms with E-state index >= 15 is 0 Å². The van der Waals surface area contributed by atoms with Gasteiger partial charge in [-0.2, -0.15) is 0 Å². The number of carbonyl (C=O) groups is 1. The van der Waals surface area contributed by atoms with Gasteiger partial charge in [0, 0.05) is 21.9 Å². The number of nitrogens with zero attached hydrogens (tertiary/aromatic N) is 1. The summed E-state index contributed by atoms with van der Waals surface area (Å²) >= 11 is 7.79. The van der Waals surface area contributed by atoms with Gasteiger partial charge in [0.2, 0.25) is 0 Å². The first-order valence-electron chi connectivity index (χ1n) is 6.16. The molecule has 0 saturated carbocycles. The van der Waals surface area contributed by atoms with E-state index in [2.05, 4.69) is 17.0 Å². The Balaban J connectivity index is 2.05. The fourth-order valence-corrected chi connectivity index (χ4v) is 3.58. The van der Waals surface area contributed by atoms with Crippen molar-refractivity contribution in [3.8, 4) is 0 Å². The molecule has 1 aliphatic rings. The second-order valence-electron chi connectivity index (χ2n) is 4.50. The van der Waals surface area contributed by atoms with Crippen LogP contribution in [0.5, 0.6) is 0 Å². The lowest BCUT2D eigenvalue weighted by Gasteiger charge is -2.29. The SMILES string of the molecule is CN1c2ccc(/C=C/C=O)cc2Sc2ccc(Cl)cc21. The van der Waals surface area contributed by atoms with Gasteiger partial charge in [-0.3, -0.25) is 4.79 Å². The lowest BCUT2D eigenvalue weighted by atomic mass is 10.1. The van der Waals surface area contributed by atoms with E-state index in [9.17, 15) is 4.79 Å². The van der Waals surface area contributed by atoms with Gasteiger partial charge in [-0.05, 0) is 42.0 Å². The quantitative estimate of drug-likeness (QED) is 0.588. The average Bonchev–Trinajstić information content (AvgIpc) is 2.46. The standard InChI is InChI=1S/C16H12ClNOS/c1-18-13-6-4-11(3-2-8-19)9-16(13)20-15-7-5-12(17)10-14(15)18/h2-10H,1H3/b3-2+. The second-order valence-corrected chi connectivity index (χ2v) is 6.02. The zero-order chi connectivity index (χ0) is 14.1. The molecular weight excluding hydrogens is 290 g/mol. The lowest BCUT2D eigenvalue weighted by molar-refractivity contribution is -0.104. The summed E-state index contributed by atoms with van der Waals surface area (Å²) in [5, 5.41) is 0.741. The minimum Gasteiger partial charge on any atom is -0.343 e. The van der Waals surface area contributed by atoms with E-state index in [0.29, 0.717) is 0 Å². The van der Waals surface area contributed by atoms with Crippen LogP contribution in [0.25, 0.3) is 6.08 Å². The number of allylic oxidation sites excluding steroid dienone is 1. The van der Waals surface area contributed by atoms with Crippen molar-refractivity contribution in [3.63, 3.8) is 0 Å². The molecule has 2 aromatic carbocycles. The first-order valence-corrected chi connectivity index (χ1v) is 7.35. The van der Waals surface area contributed by atoms with Crippen LogP contribution < -0.4 is 4.90 Å². The molecule has 100 valence electrons. The summed E-state index contributed by atoms with van der Waals surface area (Å²) in [6, 6.07) is 12.1. The Bertz CT molecular complexity index is 712. The van der Waals surface area contributed by atoms with E-state index < -0.39 is 0 Å². The molecule has 3 rings (SSSR count). The van der Waals surface area contributed by atoms with Gasteiger partial charge in [-0.25, -0.2) is 0 Å². The fraction of sp³-hybridized carbons (Fsp3) is 0.0625. The van der Waals surface area contributed by atoms with Gasteiger partial charge >= 0.3 is 0 Å². The van der Waals surface area contributed by atoms with Crippen LogP contribution in [0.15, 0.2) is 52.3 Å². The first-order chi connectivity index (χ1) is 9.69. The third kappa shape index (κ3) is 2.35. The van der Waals surface area contributed by atoms with Crippen molar-refractivity contribution in [2.24, 2.45) is 0 Å². The number of benzene rings is 2. The largest absolute Gasteiger partial charge is 0.343 e. The number of carbonyl (C=O) groups excluding carboxylic acids is 1. The average molecular weight is 302 g/mol. The molecule has 0 spiro atoms. The molecule has 2 nitrogen and oxygen atoms in total. The van der Waals surface area contributed by atoms with Crippen molar-refractivity contribution >= 4 is 47.1 Å². The van der Waals surface area contributed by atoms with Crippen LogP contribution >= 0.6 is 23.4 Å². The number of aldehydes is 1. The first kappa shape index (κ1) is 13.3. The molecule has 0 bridgehead atoms. The highest BCUT2D eigenvalue weighted by atomic mass is 35.5. The molecule has 0 N–H and O–H groups in total. The van der Waals surface area contributed by atoms with Gasteiger partial charge in [-0.15, -0.1) is 0 Å². The van der Waals surface area contributed by atoms with E-state index in [1.165, 1.54) is 15.9 Å². The monoisotopic (exact) mass is 301 g/mol. The maximum atomic E-state index is 10.4. The summed E-state index contributed by atoms with van der Waals surface area (Å²) in [5.74, 6) is 0. The Morgan fingerprint density at radius 1 is 1.10 bits per heavy atom. The summed E-state index contributed by atoms with van der Waals surface area (Å²) in [7, 11) is 2.04. The number of hydrogen-bond acceptors (Lipinski definition) is 3. The summed E-state index contributed by atoms with van der Waals surface area (Å²) in [4.78, 5) is 14.9. The van der Waals surface area contributed by atoms with Crippen molar-refractivity contribution in [2.75, 3.05) is 11.9 Å². The highest BCUT2D eigenvalue weighted by molar-refractivity contribution is 7.99. The molecule has 0 fully saturated rings. The Hall–Kier alpha value is -1.71. The molecule has 0 atom stereocenters. The van der Waals surface area contributed by atoms with Gasteiger partial charge in [-0.1, -0.05) is 35.5 Å². The number of hydrogen-bond donors (Lipinski definition) is 0. The van der Waals surface area contributed by atoms with E-state index in [1.807, 2.05) is 37.4 Å². The zero-order valence-corrected chi connectivity index (χ0v) is 12.4. The summed E-state index contributed by atoms with van der Waals surface area (Å²) < 4.78 is 0. The Morgan fingerprint density at radius 3 is 2.75 bits per heavy atom. The number of rotatable bonds is 2. The van der Waals surface area contributed by atoms with Crippen LogP contribution in [-0.2, 0) is 4.79 Å². The molecule has 0 aliphatic carbocycles. The lowest BCUT2D eigenvalue weighted by Crippen LogP contribution is -2.14. The number of anilines is 2. The fourth-order valence-electron chi connectivity index (χ4n) is 2.23. The Morgan fingerprint density at radius 2 is 1.95 bits per heavy atom. The van der Waals surface area contributed by atoms with E-state index in [4.69, 9.17) is 11.6 Å². The summed E-state index contributed by atoms with van der Waals surface area (Å²) in [5.41, 5.74) is 3.29. The molecule has 20 heavy (non-hydrogen) atoms. The van der Waals surface area contributed by atoms with Crippen molar-refractivity contribution < 1.29 is 4.79 Å². The molecule has 0 aromatic heterocycles. The minimum absolute atomic E-state index is 0.741. The summed E-state index contributed by atoms with van der Waals surface area (Å²) in [6.45, 7) is 0. The molecule has 4 heteroatoms. The van der Waals surface area contributed by atoms with Crippen LogP contribution in [0.1, 0.15) is 5.56 Å². The molecule has 0 amide bonds. The molecule has 1 heterocycles. The van der Waals surface area contributed by atoms with Crippen LogP contribution in [0.3, 0.4) is 0 Å². The second kappa shape index (κ2) is 5.35. The predicted octanol–water partition coefficient (Wildman–Crippen LogP) is 4.78. The normalized spacial score (nSPS) is 13.2. The van der Waals surface area contributed by atoms with Crippen LogP contribution in [0.2, 0.25) is 5.02 Å². The molecule has 0 unspecified atom stereocenters. The predicted molar refractivity (Wildman–Crippen MR) is 85.2 cm³/mol. The van der Waals surface area contributed by atoms with E-state index in [-0.39, 0.29) is 0 Å². The van der Waals surface area contributed by atoms with Crippen LogP contribution in [-0.4, -0.2) is 13.3 Å². The maximum Gasteiger partial charge on any atom is 0.142 e. The Labute approximate surface area is 127 Å². The highest BCUT2D eigenvalue weighted by Gasteiger charge is 2.20. The van der Waals surface area contributed by atoms with Crippen LogP contribution in [0, 0.1) is 0 Å².